The van der Waals surface area contributed by atoms with Crippen LogP contribution < -0.4 is 16.0 Å². The van der Waals surface area contributed by atoms with E-state index in [2.05, 4.69) is 24.3 Å². The molecule has 3 N–H and O–H groups in total. The standard InChI is InChI=1S/C12H21N3O/c1-4-6-9(2)11(15-13)12-10(16-3)7-5-8-14-12/h5,7-9,11,15H,4,6,13H2,1-3H3. The molecule has 0 amide bonds. The van der Waals surface area contributed by atoms with Gasteiger partial charge in [0.2, 0.25) is 0 Å². The number of nitrogens with two attached hydrogens (primary N) is 1. The number of pyridine rings is 1. The first-order valence-electron chi connectivity index (χ1n) is 5.69. The largest absolute Gasteiger partial charge is 0.495 e. The Bertz CT molecular complexity index is 317. The molecule has 0 aromatic carbocycles. The molecule has 0 radical (unpaired) electrons. The quantitative estimate of drug-likeness (QED) is 0.572. The van der Waals surface area contributed by atoms with Crippen LogP contribution in [0.15, 0.2) is 18.3 Å². The van der Waals surface area contributed by atoms with Crippen LogP contribution in [0.25, 0.3) is 0 Å². The van der Waals surface area contributed by atoms with E-state index in [1.165, 1.54) is 0 Å². The molecule has 0 fully saturated rings. The Morgan fingerprint density at radius 1 is 1.56 bits per heavy atom. The zero-order valence-electron chi connectivity index (χ0n) is 10.2. The number of rotatable bonds is 6. The molecule has 0 aliphatic carbocycles. The SMILES string of the molecule is CCCC(C)C(NN)c1ncccc1OC. The fourth-order valence-corrected chi connectivity index (χ4v) is 1.94. The summed E-state index contributed by atoms with van der Waals surface area (Å²) in [4.78, 5) is 4.36. The highest BCUT2D eigenvalue weighted by molar-refractivity contribution is 5.29. The maximum atomic E-state index is 5.61. The highest BCUT2D eigenvalue weighted by Crippen LogP contribution is 2.29. The maximum absolute atomic E-state index is 5.61. The average molecular weight is 223 g/mol. The van der Waals surface area contributed by atoms with E-state index in [-0.39, 0.29) is 6.04 Å². The van der Waals surface area contributed by atoms with Crippen molar-refractivity contribution in [1.29, 1.82) is 0 Å². The molecule has 1 rings (SSSR count). The molecular weight excluding hydrogens is 202 g/mol. The summed E-state index contributed by atoms with van der Waals surface area (Å²) in [5.41, 5.74) is 3.72. The van der Waals surface area contributed by atoms with Crippen LogP contribution in [0.1, 0.15) is 38.4 Å². The summed E-state index contributed by atoms with van der Waals surface area (Å²) in [6, 6.07) is 3.81. The van der Waals surface area contributed by atoms with Crippen molar-refractivity contribution in [3.8, 4) is 5.75 Å². The van der Waals surface area contributed by atoms with Gasteiger partial charge >= 0.3 is 0 Å². The van der Waals surface area contributed by atoms with Crippen molar-refractivity contribution >= 4 is 0 Å². The Kier molecular flexibility index (Phi) is 5.22. The number of ether oxygens (including phenoxy) is 1. The third-order valence-electron chi connectivity index (χ3n) is 2.81. The predicted octanol–water partition coefficient (Wildman–Crippen LogP) is 2.03. The number of hydrogen-bond acceptors (Lipinski definition) is 4. The molecule has 1 aromatic rings. The van der Waals surface area contributed by atoms with Crippen molar-refractivity contribution in [3.63, 3.8) is 0 Å². The van der Waals surface area contributed by atoms with Crippen molar-refractivity contribution in [2.24, 2.45) is 11.8 Å². The number of hydrogen-bond donors (Lipinski definition) is 2. The minimum absolute atomic E-state index is 0.0381. The van der Waals surface area contributed by atoms with Gasteiger partial charge in [0.05, 0.1) is 13.2 Å². The van der Waals surface area contributed by atoms with Crippen molar-refractivity contribution in [2.75, 3.05) is 7.11 Å². The summed E-state index contributed by atoms with van der Waals surface area (Å²) < 4.78 is 5.30. The van der Waals surface area contributed by atoms with Crippen molar-refractivity contribution in [3.05, 3.63) is 24.0 Å². The van der Waals surface area contributed by atoms with Crippen LogP contribution in [0, 0.1) is 5.92 Å². The van der Waals surface area contributed by atoms with E-state index in [1.807, 2.05) is 12.1 Å². The molecule has 0 aliphatic rings. The lowest BCUT2D eigenvalue weighted by molar-refractivity contribution is 0.338. The molecule has 90 valence electrons. The highest BCUT2D eigenvalue weighted by atomic mass is 16.5. The third kappa shape index (κ3) is 2.93. The zero-order valence-corrected chi connectivity index (χ0v) is 10.2. The summed E-state index contributed by atoms with van der Waals surface area (Å²) in [5.74, 6) is 6.83. The second kappa shape index (κ2) is 6.45. The lowest BCUT2D eigenvalue weighted by atomic mass is 9.94. The van der Waals surface area contributed by atoms with E-state index in [4.69, 9.17) is 10.6 Å². The molecule has 0 saturated carbocycles. The summed E-state index contributed by atoms with van der Waals surface area (Å²) in [6.45, 7) is 4.34. The van der Waals surface area contributed by atoms with E-state index in [0.29, 0.717) is 5.92 Å². The second-order valence-corrected chi connectivity index (χ2v) is 4.00. The van der Waals surface area contributed by atoms with E-state index >= 15 is 0 Å². The number of nitrogens with one attached hydrogen (secondary N) is 1. The van der Waals surface area contributed by atoms with Crippen molar-refractivity contribution in [2.45, 2.75) is 32.7 Å². The lowest BCUT2D eigenvalue weighted by Gasteiger charge is -2.23. The lowest BCUT2D eigenvalue weighted by Crippen LogP contribution is -2.33. The maximum Gasteiger partial charge on any atom is 0.142 e. The van der Waals surface area contributed by atoms with Crippen LogP contribution in [0.3, 0.4) is 0 Å². The number of aromatic nitrogens is 1. The van der Waals surface area contributed by atoms with Gasteiger partial charge < -0.3 is 4.74 Å². The minimum Gasteiger partial charge on any atom is -0.495 e. The summed E-state index contributed by atoms with van der Waals surface area (Å²) >= 11 is 0. The van der Waals surface area contributed by atoms with Gasteiger partial charge in [-0.15, -0.1) is 0 Å². The van der Waals surface area contributed by atoms with Gasteiger partial charge in [0, 0.05) is 6.20 Å². The summed E-state index contributed by atoms with van der Waals surface area (Å²) in [6.07, 6.45) is 4.00. The number of hydrazine groups is 1. The topological polar surface area (TPSA) is 60.2 Å². The fourth-order valence-electron chi connectivity index (χ4n) is 1.94. The zero-order chi connectivity index (χ0) is 12.0. The average Bonchev–Trinajstić information content (AvgIpc) is 2.31. The molecule has 2 atom stereocenters. The van der Waals surface area contributed by atoms with Crippen LogP contribution in [-0.4, -0.2) is 12.1 Å². The molecular formula is C12H21N3O. The molecule has 1 aromatic heterocycles. The van der Waals surface area contributed by atoms with Crippen LogP contribution in [0.4, 0.5) is 0 Å². The molecule has 2 unspecified atom stereocenters. The van der Waals surface area contributed by atoms with E-state index < -0.39 is 0 Å². The molecule has 0 bridgehead atoms. The summed E-state index contributed by atoms with van der Waals surface area (Å²) in [5, 5.41) is 0. The number of methoxy groups -OCH3 is 1. The van der Waals surface area contributed by atoms with Crippen LogP contribution in [0.5, 0.6) is 5.75 Å². The molecule has 16 heavy (non-hydrogen) atoms. The monoisotopic (exact) mass is 223 g/mol. The molecule has 0 saturated heterocycles. The van der Waals surface area contributed by atoms with Gasteiger partial charge in [0.1, 0.15) is 11.4 Å². The first-order chi connectivity index (χ1) is 7.74. The predicted molar refractivity (Wildman–Crippen MR) is 64.9 cm³/mol. The Morgan fingerprint density at radius 2 is 2.31 bits per heavy atom. The normalized spacial score (nSPS) is 14.5. The van der Waals surface area contributed by atoms with E-state index in [0.717, 1.165) is 24.3 Å². The summed E-state index contributed by atoms with van der Waals surface area (Å²) in [7, 11) is 1.65. The van der Waals surface area contributed by atoms with Gasteiger partial charge in [0.25, 0.3) is 0 Å². The Labute approximate surface area is 97.2 Å². The molecule has 0 aliphatic heterocycles. The molecule has 4 heteroatoms. The first-order valence-corrected chi connectivity index (χ1v) is 5.69. The van der Waals surface area contributed by atoms with E-state index in [1.54, 1.807) is 13.3 Å². The van der Waals surface area contributed by atoms with Crippen LogP contribution in [-0.2, 0) is 0 Å². The smallest absolute Gasteiger partial charge is 0.142 e. The fraction of sp³-hybridized carbons (Fsp3) is 0.583. The van der Waals surface area contributed by atoms with Gasteiger partial charge in [-0.3, -0.25) is 16.3 Å². The van der Waals surface area contributed by atoms with Gasteiger partial charge in [-0.25, -0.2) is 0 Å². The Balaban J connectivity index is 2.93. The van der Waals surface area contributed by atoms with Gasteiger partial charge in [-0.2, -0.15) is 0 Å². The molecule has 0 spiro atoms. The molecule has 4 nitrogen and oxygen atoms in total. The molecule has 1 heterocycles. The third-order valence-corrected chi connectivity index (χ3v) is 2.81. The highest BCUT2D eigenvalue weighted by Gasteiger charge is 2.21. The first kappa shape index (κ1) is 12.9. The number of nitrogens with zero attached hydrogens (tertiary/aromatic N) is 1. The van der Waals surface area contributed by atoms with Crippen LogP contribution in [0.2, 0.25) is 0 Å². The van der Waals surface area contributed by atoms with Gasteiger partial charge in [0.15, 0.2) is 0 Å². The van der Waals surface area contributed by atoms with Crippen molar-refractivity contribution in [1.82, 2.24) is 10.4 Å². The van der Waals surface area contributed by atoms with Crippen molar-refractivity contribution < 1.29 is 4.74 Å². The van der Waals surface area contributed by atoms with Gasteiger partial charge in [-0.1, -0.05) is 20.3 Å². The van der Waals surface area contributed by atoms with Gasteiger partial charge in [-0.05, 0) is 24.5 Å². The Morgan fingerprint density at radius 3 is 2.88 bits per heavy atom. The second-order valence-electron chi connectivity index (χ2n) is 4.00. The van der Waals surface area contributed by atoms with Crippen LogP contribution >= 0.6 is 0 Å². The van der Waals surface area contributed by atoms with E-state index in [9.17, 15) is 0 Å². The Hall–Kier alpha value is -1.13. The minimum atomic E-state index is 0.0381.